The van der Waals surface area contributed by atoms with Gasteiger partial charge in [0.15, 0.2) is 5.69 Å². The topological polar surface area (TPSA) is 77.2 Å². The highest BCUT2D eigenvalue weighted by Crippen LogP contribution is 2.29. The minimum absolute atomic E-state index is 0. The second-order valence-corrected chi connectivity index (χ2v) is 4.67. The number of halogens is 4. The van der Waals surface area contributed by atoms with Crippen molar-refractivity contribution in [2.75, 3.05) is 20.3 Å². The minimum atomic E-state index is -4.43. The van der Waals surface area contributed by atoms with E-state index in [-0.39, 0.29) is 32.0 Å². The average molecular weight is 334 g/mol. The van der Waals surface area contributed by atoms with Gasteiger partial charge in [0.2, 0.25) is 5.91 Å². The molecule has 1 atom stereocenters. The monoisotopic (exact) mass is 333 g/mol. The molecule has 5 nitrogen and oxygen atoms in total. The van der Waals surface area contributed by atoms with Crippen molar-refractivity contribution in [2.24, 2.45) is 5.73 Å². The summed E-state index contributed by atoms with van der Waals surface area (Å²) in [6.45, 7) is 0.266. The molecule has 1 heterocycles. The van der Waals surface area contributed by atoms with Gasteiger partial charge in [0.1, 0.15) is 6.04 Å². The molecule has 0 aliphatic carbocycles. The highest BCUT2D eigenvalue weighted by atomic mass is 35.5. The third-order valence-electron chi connectivity index (χ3n) is 2.16. The van der Waals surface area contributed by atoms with Crippen molar-refractivity contribution in [3.8, 4) is 0 Å². The molecule has 10 heteroatoms. The molecular formula is C10H15ClF3N3O2S. The zero-order chi connectivity index (χ0) is 14.5. The first-order valence-electron chi connectivity index (χ1n) is 5.38. The predicted octanol–water partition coefficient (Wildman–Crippen LogP) is 1.22. The van der Waals surface area contributed by atoms with E-state index in [9.17, 15) is 18.0 Å². The van der Waals surface area contributed by atoms with Gasteiger partial charge in [0, 0.05) is 25.5 Å². The quantitative estimate of drug-likeness (QED) is 0.820. The van der Waals surface area contributed by atoms with E-state index in [1.54, 1.807) is 0 Å². The maximum atomic E-state index is 12.3. The fourth-order valence-electron chi connectivity index (χ4n) is 1.23. The van der Waals surface area contributed by atoms with Crippen molar-refractivity contribution in [2.45, 2.75) is 18.6 Å². The lowest BCUT2D eigenvalue weighted by Gasteiger charge is -2.10. The summed E-state index contributed by atoms with van der Waals surface area (Å²) in [7, 11) is 1.42. The molecule has 1 aromatic rings. The van der Waals surface area contributed by atoms with E-state index in [0.717, 1.165) is 16.7 Å². The van der Waals surface area contributed by atoms with Crippen LogP contribution >= 0.6 is 23.7 Å². The molecule has 1 aromatic heterocycles. The molecule has 1 rings (SSSR count). The van der Waals surface area contributed by atoms with Gasteiger partial charge in [0.25, 0.3) is 0 Å². The smallest absolute Gasteiger partial charge is 0.383 e. The fraction of sp³-hybridized carbons (Fsp3) is 0.600. The Morgan fingerprint density at radius 1 is 1.60 bits per heavy atom. The number of nitrogens with one attached hydrogen (secondary N) is 1. The van der Waals surface area contributed by atoms with Crippen LogP contribution in [0.15, 0.2) is 5.38 Å². The molecule has 1 amide bonds. The standard InChI is InChI=1S/C10H14F3N3O2S.ClH/c1-18-4-6(14)9(17)15-3-2-8-16-7(5-19-8)10(11,12)13;/h5-6H,2-4,14H2,1H3,(H,15,17);1H. The molecule has 0 fully saturated rings. The first-order chi connectivity index (χ1) is 8.84. The Labute approximate surface area is 124 Å². The molecule has 0 radical (unpaired) electrons. The summed E-state index contributed by atoms with van der Waals surface area (Å²) < 4.78 is 41.6. The van der Waals surface area contributed by atoms with Gasteiger partial charge in [-0.15, -0.1) is 23.7 Å². The molecule has 0 aromatic carbocycles. The number of nitrogens with zero attached hydrogens (tertiary/aromatic N) is 1. The zero-order valence-electron chi connectivity index (χ0n) is 10.6. The van der Waals surface area contributed by atoms with E-state index in [0.29, 0.717) is 5.01 Å². The molecule has 0 saturated carbocycles. The summed E-state index contributed by atoms with van der Waals surface area (Å²) in [6.07, 6.45) is -4.20. The number of thiazole rings is 1. The molecule has 0 aliphatic rings. The van der Waals surface area contributed by atoms with Gasteiger partial charge in [-0.25, -0.2) is 4.98 Å². The molecule has 20 heavy (non-hydrogen) atoms. The first-order valence-corrected chi connectivity index (χ1v) is 6.26. The van der Waals surface area contributed by atoms with Crippen molar-refractivity contribution in [3.63, 3.8) is 0 Å². The molecule has 1 unspecified atom stereocenters. The largest absolute Gasteiger partial charge is 0.434 e. The summed E-state index contributed by atoms with van der Waals surface area (Å²) >= 11 is 0.908. The van der Waals surface area contributed by atoms with Crippen LogP contribution in [-0.4, -0.2) is 37.2 Å². The van der Waals surface area contributed by atoms with Crippen LogP contribution in [0.2, 0.25) is 0 Å². The van der Waals surface area contributed by atoms with Gasteiger partial charge in [-0.2, -0.15) is 13.2 Å². The molecule has 0 bridgehead atoms. The number of hydrogen-bond acceptors (Lipinski definition) is 5. The number of ether oxygens (including phenoxy) is 1. The van der Waals surface area contributed by atoms with Crippen molar-refractivity contribution in [3.05, 3.63) is 16.1 Å². The zero-order valence-corrected chi connectivity index (χ0v) is 12.2. The van der Waals surface area contributed by atoms with Crippen molar-refractivity contribution in [1.82, 2.24) is 10.3 Å². The van der Waals surface area contributed by atoms with E-state index >= 15 is 0 Å². The molecule has 0 aliphatic heterocycles. The Balaban J connectivity index is 0.00000361. The number of methoxy groups -OCH3 is 1. The SMILES string of the molecule is COCC(N)C(=O)NCCc1nc(C(F)(F)F)cs1.Cl. The lowest BCUT2D eigenvalue weighted by molar-refractivity contribution is -0.140. The number of rotatable bonds is 6. The van der Waals surface area contributed by atoms with Gasteiger partial charge in [-0.05, 0) is 0 Å². The molecule has 3 N–H and O–H groups in total. The number of alkyl halides is 3. The average Bonchev–Trinajstić information content (AvgIpc) is 2.77. The lowest BCUT2D eigenvalue weighted by atomic mass is 10.3. The van der Waals surface area contributed by atoms with Crippen molar-refractivity contribution < 1.29 is 22.7 Å². The van der Waals surface area contributed by atoms with Gasteiger partial charge in [0.05, 0.1) is 11.6 Å². The Hall–Kier alpha value is -0.900. The van der Waals surface area contributed by atoms with E-state index in [1.165, 1.54) is 7.11 Å². The maximum Gasteiger partial charge on any atom is 0.434 e. The summed E-state index contributed by atoms with van der Waals surface area (Å²) in [5.41, 5.74) is 4.56. The summed E-state index contributed by atoms with van der Waals surface area (Å²) in [5.74, 6) is -0.408. The summed E-state index contributed by atoms with van der Waals surface area (Å²) in [5, 5.41) is 3.77. The van der Waals surface area contributed by atoms with Crippen LogP contribution in [0.3, 0.4) is 0 Å². The highest BCUT2D eigenvalue weighted by molar-refractivity contribution is 7.09. The first kappa shape index (κ1) is 19.1. The van der Waals surface area contributed by atoms with Crippen LogP contribution in [0.4, 0.5) is 13.2 Å². The predicted molar refractivity (Wildman–Crippen MR) is 70.9 cm³/mol. The van der Waals surface area contributed by atoms with Crippen molar-refractivity contribution in [1.29, 1.82) is 0 Å². The Morgan fingerprint density at radius 3 is 2.75 bits per heavy atom. The normalized spacial score (nSPS) is 12.7. The van der Waals surface area contributed by atoms with E-state index in [1.807, 2.05) is 0 Å². The summed E-state index contributed by atoms with van der Waals surface area (Å²) in [6, 6.07) is -0.785. The summed E-state index contributed by atoms with van der Waals surface area (Å²) in [4.78, 5) is 14.8. The number of amides is 1. The maximum absolute atomic E-state index is 12.3. The Morgan fingerprint density at radius 2 is 2.25 bits per heavy atom. The fourth-order valence-corrected chi connectivity index (χ4v) is 2.04. The van der Waals surface area contributed by atoms with Crippen LogP contribution in [-0.2, 0) is 22.1 Å². The number of hydrogen-bond donors (Lipinski definition) is 2. The van der Waals surface area contributed by atoms with E-state index in [2.05, 4.69) is 10.3 Å². The van der Waals surface area contributed by atoms with Crippen LogP contribution < -0.4 is 11.1 Å². The van der Waals surface area contributed by atoms with E-state index in [4.69, 9.17) is 10.5 Å². The van der Waals surface area contributed by atoms with Gasteiger partial charge in [-0.1, -0.05) is 0 Å². The number of carbonyl (C=O) groups excluding carboxylic acids is 1. The third-order valence-corrected chi connectivity index (χ3v) is 3.07. The highest BCUT2D eigenvalue weighted by Gasteiger charge is 2.33. The third kappa shape index (κ3) is 6.04. The number of nitrogens with two attached hydrogens (primary N) is 1. The molecule has 0 spiro atoms. The van der Waals surface area contributed by atoms with Crippen LogP contribution in [0.25, 0.3) is 0 Å². The number of carbonyl (C=O) groups is 1. The van der Waals surface area contributed by atoms with Crippen LogP contribution in [0, 0.1) is 0 Å². The molecule has 116 valence electrons. The van der Waals surface area contributed by atoms with Crippen LogP contribution in [0.5, 0.6) is 0 Å². The molecular weight excluding hydrogens is 319 g/mol. The Kier molecular flexibility index (Phi) is 8.02. The van der Waals surface area contributed by atoms with Crippen LogP contribution in [0.1, 0.15) is 10.7 Å². The van der Waals surface area contributed by atoms with Gasteiger partial charge in [-0.3, -0.25) is 4.79 Å². The van der Waals surface area contributed by atoms with Gasteiger partial charge < -0.3 is 15.8 Å². The minimum Gasteiger partial charge on any atom is -0.383 e. The van der Waals surface area contributed by atoms with Crippen molar-refractivity contribution >= 4 is 29.7 Å². The lowest BCUT2D eigenvalue weighted by Crippen LogP contribution is -2.44. The number of aromatic nitrogens is 1. The van der Waals surface area contributed by atoms with Gasteiger partial charge >= 0.3 is 6.18 Å². The second-order valence-electron chi connectivity index (χ2n) is 3.73. The molecule has 0 saturated heterocycles. The van der Waals surface area contributed by atoms with E-state index < -0.39 is 23.8 Å². The second kappa shape index (κ2) is 8.40. The Bertz CT molecular complexity index is 428.